The standard InChI is InChI=1S/C10H19FN2O2/c1-2-15-10(14)13-5-3-8(4-6-13)9(11)7-12/h8-9H,2-7,12H2,1H3. The lowest BCUT2D eigenvalue weighted by atomic mass is 9.92. The number of nitrogens with zero attached hydrogens (tertiary/aromatic N) is 1. The number of carbonyl (C=O) groups excluding carboxylic acids is 1. The van der Waals surface area contributed by atoms with Gasteiger partial charge in [0, 0.05) is 19.6 Å². The third-order valence-electron chi connectivity index (χ3n) is 2.80. The minimum atomic E-state index is -0.936. The molecule has 1 aliphatic rings. The van der Waals surface area contributed by atoms with Crippen LogP contribution < -0.4 is 5.73 Å². The molecule has 0 aromatic heterocycles. The third-order valence-corrected chi connectivity index (χ3v) is 2.80. The molecule has 0 spiro atoms. The number of amides is 1. The van der Waals surface area contributed by atoms with Crippen LogP contribution in [0.15, 0.2) is 0 Å². The average molecular weight is 218 g/mol. The highest BCUT2D eigenvalue weighted by molar-refractivity contribution is 5.67. The van der Waals surface area contributed by atoms with Crippen LogP contribution in [-0.4, -0.2) is 43.4 Å². The number of carbonyl (C=O) groups is 1. The summed E-state index contributed by atoms with van der Waals surface area (Å²) in [5.41, 5.74) is 5.26. The Kier molecular flexibility index (Phi) is 4.81. The predicted molar refractivity (Wildman–Crippen MR) is 55.3 cm³/mol. The molecule has 1 saturated heterocycles. The fraction of sp³-hybridized carbons (Fsp3) is 0.900. The van der Waals surface area contributed by atoms with Gasteiger partial charge >= 0.3 is 6.09 Å². The molecule has 5 heteroatoms. The lowest BCUT2D eigenvalue weighted by Crippen LogP contribution is -2.42. The molecule has 0 saturated carbocycles. The van der Waals surface area contributed by atoms with E-state index in [4.69, 9.17) is 10.5 Å². The summed E-state index contributed by atoms with van der Waals surface area (Å²) in [5.74, 6) is 0.000626. The van der Waals surface area contributed by atoms with Gasteiger partial charge in [0.1, 0.15) is 6.17 Å². The van der Waals surface area contributed by atoms with Gasteiger partial charge in [0.25, 0.3) is 0 Å². The molecule has 1 heterocycles. The van der Waals surface area contributed by atoms with E-state index in [0.717, 1.165) is 0 Å². The van der Waals surface area contributed by atoms with Gasteiger partial charge < -0.3 is 15.4 Å². The van der Waals surface area contributed by atoms with E-state index in [1.807, 2.05) is 0 Å². The molecule has 1 aliphatic heterocycles. The van der Waals surface area contributed by atoms with Crippen molar-refractivity contribution >= 4 is 6.09 Å². The summed E-state index contributed by atoms with van der Waals surface area (Å²) in [4.78, 5) is 13.0. The van der Waals surface area contributed by atoms with Crippen LogP contribution in [0.3, 0.4) is 0 Å². The molecular formula is C10H19FN2O2. The van der Waals surface area contributed by atoms with Crippen molar-refractivity contribution in [3.05, 3.63) is 0 Å². The highest BCUT2D eigenvalue weighted by atomic mass is 19.1. The largest absolute Gasteiger partial charge is 0.450 e. The van der Waals surface area contributed by atoms with E-state index >= 15 is 0 Å². The summed E-state index contributed by atoms with van der Waals surface area (Å²) in [7, 11) is 0. The van der Waals surface area contributed by atoms with Gasteiger partial charge in [-0.3, -0.25) is 0 Å². The minimum absolute atomic E-state index is 0.000626. The molecule has 1 amide bonds. The number of piperidine rings is 1. The number of hydrogen-bond donors (Lipinski definition) is 1. The predicted octanol–water partition coefficient (Wildman–Crippen LogP) is 1.15. The number of ether oxygens (including phenoxy) is 1. The maximum absolute atomic E-state index is 13.2. The molecule has 4 nitrogen and oxygen atoms in total. The summed E-state index contributed by atoms with van der Waals surface area (Å²) in [6.45, 7) is 3.38. The molecule has 0 aromatic carbocycles. The van der Waals surface area contributed by atoms with Gasteiger partial charge in [0.2, 0.25) is 0 Å². The number of likely N-dealkylation sites (tertiary alicyclic amines) is 1. The fourth-order valence-corrected chi connectivity index (χ4v) is 1.85. The second-order valence-corrected chi connectivity index (χ2v) is 3.78. The first-order valence-electron chi connectivity index (χ1n) is 5.44. The van der Waals surface area contributed by atoms with E-state index in [2.05, 4.69) is 0 Å². The average Bonchev–Trinajstić information content (AvgIpc) is 2.28. The molecule has 0 bridgehead atoms. The van der Waals surface area contributed by atoms with Crippen molar-refractivity contribution in [3.8, 4) is 0 Å². The Morgan fingerprint density at radius 1 is 1.60 bits per heavy atom. The molecule has 1 atom stereocenters. The van der Waals surface area contributed by atoms with Crippen LogP contribution in [0.2, 0.25) is 0 Å². The van der Waals surface area contributed by atoms with Gasteiger partial charge in [-0.1, -0.05) is 0 Å². The zero-order valence-corrected chi connectivity index (χ0v) is 9.12. The maximum Gasteiger partial charge on any atom is 0.409 e. The molecule has 1 fully saturated rings. The number of rotatable bonds is 3. The topological polar surface area (TPSA) is 55.6 Å². The minimum Gasteiger partial charge on any atom is -0.450 e. The summed E-state index contributed by atoms with van der Waals surface area (Å²) in [6.07, 6.45) is 0.127. The van der Waals surface area contributed by atoms with E-state index in [1.54, 1.807) is 11.8 Å². The van der Waals surface area contributed by atoms with Crippen molar-refractivity contribution in [2.45, 2.75) is 25.9 Å². The quantitative estimate of drug-likeness (QED) is 0.773. The normalized spacial score (nSPS) is 20.1. The van der Waals surface area contributed by atoms with Crippen molar-refractivity contribution in [1.82, 2.24) is 4.90 Å². The van der Waals surface area contributed by atoms with E-state index in [0.29, 0.717) is 32.5 Å². The lowest BCUT2D eigenvalue weighted by Gasteiger charge is -2.32. The van der Waals surface area contributed by atoms with Crippen molar-refractivity contribution in [3.63, 3.8) is 0 Å². The summed E-state index contributed by atoms with van der Waals surface area (Å²) in [6, 6.07) is 0. The van der Waals surface area contributed by atoms with Gasteiger partial charge in [-0.05, 0) is 25.7 Å². The Morgan fingerprint density at radius 3 is 2.67 bits per heavy atom. The Morgan fingerprint density at radius 2 is 2.20 bits per heavy atom. The zero-order chi connectivity index (χ0) is 11.3. The third kappa shape index (κ3) is 3.34. The molecule has 1 unspecified atom stereocenters. The Bertz CT molecular complexity index is 206. The summed E-state index contributed by atoms with van der Waals surface area (Å²) >= 11 is 0. The van der Waals surface area contributed by atoms with Gasteiger partial charge in [-0.25, -0.2) is 9.18 Å². The molecule has 0 radical (unpaired) electrons. The maximum atomic E-state index is 13.2. The number of nitrogens with two attached hydrogens (primary N) is 1. The van der Waals surface area contributed by atoms with E-state index in [-0.39, 0.29) is 18.6 Å². The van der Waals surface area contributed by atoms with Crippen molar-refractivity contribution in [2.75, 3.05) is 26.2 Å². The summed E-state index contributed by atoms with van der Waals surface area (Å²) in [5, 5.41) is 0. The SMILES string of the molecule is CCOC(=O)N1CCC(C(F)CN)CC1. The first kappa shape index (κ1) is 12.2. The van der Waals surface area contributed by atoms with E-state index in [9.17, 15) is 9.18 Å². The first-order valence-corrected chi connectivity index (χ1v) is 5.44. The van der Waals surface area contributed by atoms with E-state index in [1.165, 1.54) is 0 Å². The highest BCUT2D eigenvalue weighted by Crippen LogP contribution is 2.22. The van der Waals surface area contributed by atoms with Crippen LogP contribution in [0.4, 0.5) is 9.18 Å². The highest BCUT2D eigenvalue weighted by Gasteiger charge is 2.28. The van der Waals surface area contributed by atoms with Crippen LogP contribution in [0.1, 0.15) is 19.8 Å². The second kappa shape index (κ2) is 5.90. The molecular weight excluding hydrogens is 199 g/mol. The second-order valence-electron chi connectivity index (χ2n) is 3.78. The van der Waals surface area contributed by atoms with Gasteiger partial charge in [0.05, 0.1) is 6.61 Å². The number of alkyl halides is 1. The smallest absolute Gasteiger partial charge is 0.409 e. The van der Waals surface area contributed by atoms with Gasteiger partial charge in [-0.2, -0.15) is 0 Å². The van der Waals surface area contributed by atoms with Crippen molar-refractivity contribution < 1.29 is 13.9 Å². The Labute approximate surface area is 89.6 Å². The van der Waals surface area contributed by atoms with Crippen LogP contribution in [0, 0.1) is 5.92 Å². The van der Waals surface area contributed by atoms with Crippen molar-refractivity contribution in [1.29, 1.82) is 0 Å². The molecule has 0 aliphatic carbocycles. The van der Waals surface area contributed by atoms with Crippen LogP contribution in [0.25, 0.3) is 0 Å². The Hall–Kier alpha value is -0.840. The van der Waals surface area contributed by atoms with Crippen LogP contribution in [0.5, 0.6) is 0 Å². The molecule has 15 heavy (non-hydrogen) atoms. The number of halogens is 1. The lowest BCUT2D eigenvalue weighted by molar-refractivity contribution is 0.0789. The summed E-state index contributed by atoms with van der Waals surface area (Å²) < 4.78 is 18.1. The molecule has 1 rings (SSSR count). The molecule has 0 aromatic rings. The van der Waals surface area contributed by atoms with Crippen LogP contribution in [-0.2, 0) is 4.74 Å². The first-order chi connectivity index (χ1) is 7.19. The van der Waals surface area contributed by atoms with Crippen LogP contribution >= 0.6 is 0 Å². The molecule has 2 N–H and O–H groups in total. The van der Waals surface area contributed by atoms with Gasteiger partial charge in [-0.15, -0.1) is 0 Å². The monoisotopic (exact) mass is 218 g/mol. The van der Waals surface area contributed by atoms with E-state index < -0.39 is 6.17 Å². The Balaban J connectivity index is 2.32. The zero-order valence-electron chi connectivity index (χ0n) is 9.12. The van der Waals surface area contributed by atoms with Gasteiger partial charge in [0.15, 0.2) is 0 Å². The fourth-order valence-electron chi connectivity index (χ4n) is 1.85. The van der Waals surface area contributed by atoms with Crippen molar-refractivity contribution in [2.24, 2.45) is 11.7 Å². The number of hydrogen-bond acceptors (Lipinski definition) is 3. The molecule has 88 valence electrons.